The Morgan fingerprint density at radius 2 is 1.77 bits per heavy atom. The minimum absolute atomic E-state index is 0.234. The Kier molecular flexibility index (Phi) is 4.22. The number of aryl methyl sites for hydroxylation is 2. The molecule has 0 atom stereocenters. The zero-order chi connectivity index (χ0) is 18.3. The predicted molar refractivity (Wildman–Crippen MR) is 105 cm³/mol. The summed E-state index contributed by atoms with van der Waals surface area (Å²) in [4.78, 5) is 18.1. The Hall–Kier alpha value is -2.70. The third-order valence-electron chi connectivity index (χ3n) is 3.97. The number of imidazole rings is 1. The average Bonchev–Trinajstić information content (AvgIpc) is 3.13. The number of hydrogen-bond acceptors (Lipinski definition) is 4. The number of fused-ring (bicyclic) bond motifs is 1. The lowest BCUT2D eigenvalue weighted by Crippen LogP contribution is -2.14. The second kappa shape index (κ2) is 6.55. The maximum atomic E-state index is 12.7. The standard InChI is InChI=1S/C19H15ClN4OS/c1-11-3-5-13(6-4-11)16-17(24-19(21-16)26-12(2)23-24)22-18(25)14-7-9-15(20)10-8-14/h3-10H,1-2H3,(H,22,25). The summed E-state index contributed by atoms with van der Waals surface area (Å²) in [6, 6.07) is 14.8. The fraction of sp³-hybridized carbons (Fsp3) is 0.105. The number of carbonyl (C=O) groups is 1. The summed E-state index contributed by atoms with van der Waals surface area (Å²) in [5, 5.41) is 8.90. The van der Waals surface area contributed by atoms with Gasteiger partial charge in [0.25, 0.3) is 5.91 Å². The molecule has 0 aliphatic heterocycles. The van der Waals surface area contributed by atoms with Crippen LogP contribution in [0.1, 0.15) is 20.9 Å². The summed E-state index contributed by atoms with van der Waals surface area (Å²) in [5.74, 6) is 0.329. The zero-order valence-corrected chi connectivity index (χ0v) is 15.7. The van der Waals surface area contributed by atoms with Crippen molar-refractivity contribution in [1.29, 1.82) is 0 Å². The number of anilines is 1. The van der Waals surface area contributed by atoms with Gasteiger partial charge in [0.2, 0.25) is 4.96 Å². The van der Waals surface area contributed by atoms with Crippen LogP contribution in [0.15, 0.2) is 48.5 Å². The van der Waals surface area contributed by atoms with E-state index in [1.165, 1.54) is 11.3 Å². The van der Waals surface area contributed by atoms with E-state index in [1.54, 1.807) is 28.8 Å². The number of amides is 1. The molecule has 0 unspecified atom stereocenters. The first-order chi connectivity index (χ1) is 12.5. The van der Waals surface area contributed by atoms with Crippen LogP contribution in [0.5, 0.6) is 0 Å². The van der Waals surface area contributed by atoms with Crippen molar-refractivity contribution in [3.63, 3.8) is 0 Å². The molecule has 0 fully saturated rings. The van der Waals surface area contributed by atoms with Crippen LogP contribution < -0.4 is 5.32 Å². The topological polar surface area (TPSA) is 59.3 Å². The molecular formula is C19H15ClN4OS. The number of aromatic nitrogens is 3. The van der Waals surface area contributed by atoms with E-state index in [4.69, 9.17) is 11.6 Å². The van der Waals surface area contributed by atoms with Gasteiger partial charge in [-0.25, -0.2) is 4.98 Å². The number of nitrogens with zero attached hydrogens (tertiary/aromatic N) is 3. The second-order valence-electron chi connectivity index (χ2n) is 5.95. The predicted octanol–water partition coefficient (Wildman–Crippen LogP) is 4.98. The van der Waals surface area contributed by atoms with E-state index in [0.717, 1.165) is 21.1 Å². The van der Waals surface area contributed by atoms with E-state index >= 15 is 0 Å². The molecule has 26 heavy (non-hydrogen) atoms. The van der Waals surface area contributed by atoms with E-state index in [0.29, 0.717) is 22.1 Å². The van der Waals surface area contributed by atoms with Gasteiger partial charge < -0.3 is 5.32 Å². The molecule has 0 spiro atoms. The van der Waals surface area contributed by atoms with Crippen molar-refractivity contribution in [3.05, 3.63) is 69.7 Å². The number of halogens is 1. The van der Waals surface area contributed by atoms with E-state index in [2.05, 4.69) is 15.4 Å². The molecule has 5 nitrogen and oxygen atoms in total. The van der Waals surface area contributed by atoms with Crippen LogP contribution in [-0.2, 0) is 0 Å². The lowest BCUT2D eigenvalue weighted by Gasteiger charge is -2.07. The molecule has 2 aromatic carbocycles. The number of benzene rings is 2. The van der Waals surface area contributed by atoms with Crippen molar-refractivity contribution in [3.8, 4) is 11.3 Å². The molecule has 4 aromatic rings. The van der Waals surface area contributed by atoms with Crippen molar-refractivity contribution >= 4 is 39.6 Å². The fourth-order valence-electron chi connectivity index (χ4n) is 2.65. The summed E-state index contributed by atoms with van der Waals surface area (Å²) in [7, 11) is 0. The highest BCUT2D eigenvalue weighted by Crippen LogP contribution is 2.31. The highest BCUT2D eigenvalue weighted by Gasteiger charge is 2.19. The minimum atomic E-state index is -0.234. The molecule has 1 N–H and O–H groups in total. The normalized spacial score (nSPS) is 11.0. The number of nitrogens with one attached hydrogen (secondary N) is 1. The van der Waals surface area contributed by atoms with Gasteiger partial charge in [-0.15, -0.1) is 0 Å². The van der Waals surface area contributed by atoms with Gasteiger partial charge in [0.1, 0.15) is 10.7 Å². The maximum absolute atomic E-state index is 12.7. The molecule has 2 heterocycles. The first-order valence-electron chi connectivity index (χ1n) is 8.01. The minimum Gasteiger partial charge on any atom is -0.305 e. The van der Waals surface area contributed by atoms with Crippen molar-refractivity contribution in [2.45, 2.75) is 13.8 Å². The van der Waals surface area contributed by atoms with Crippen molar-refractivity contribution < 1.29 is 4.79 Å². The van der Waals surface area contributed by atoms with Gasteiger partial charge in [-0.1, -0.05) is 52.8 Å². The first kappa shape index (κ1) is 16.8. The van der Waals surface area contributed by atoms with Gasteiger partial charge in [0.05, 0.1) is 0 Å². The van der Waals surface area contributed by atoms with Crippen LogP contribution >= 0.6 is 22.9 Å². The van der Waals surface area contributed by atoms with Crippen molar-refractivity contribution in [1.82, 2.24) is 14.6 Å². The van der Waals surface area contributed by atoms with Crippen LogP contribution in [-0.4, -0.2) is 20.5 Å². The third kappa shape index (κ3) is 3.09. The lowest BCUT2D eigenvalue weighted by molar-refractivity contribution is 0.102. The summed E-state index contributed by atoms with van der Waals surface area (Å²) in [5.41, 5.74) is 3.31. The molecule has 0 aliphatic carbocycles. The molecule has 2 aromatic heterocycles. The zero-order valence-electron chi connectivity index (χ0n) is 14.2. The van der Waals surface area contributed by atoms with Gasteiger partial charge >= 0.3 is 0 Å². The smallest absolute Gasteiger partial charge is 0.256 e. The average molecular weight is 383 g/mol. The Labute approximate surface area is 159 Å². The maximum Gasteiger partial charge on any atom is 0.256 e. The highest BCUT2D eigenvalue weighted by molar-refractivity contribution is 7.16. The van der Waals surface area contributed by atoms with Crippen LogP contribution in [0.4, 0.5) is 5.82 Å². The molecule has 0 aliphatic rings. The van der Waals surface area contributed by atoms with Crippen LogP contribution in [0, 0.1) is 13.8 Å². The van der Waals surface area contributed by atoms with E-state index < -0.39 is 0 Å². The largest absolute Gasteiger partial charge is 0.305 e. The summed E-state index contributed by atoms with van der Waals surface area (Å²) in [6.07, 6.45) is 0. The Morgan fingerprint density at radius 1 is 1.08 bits per heavy atom. The van der Waals surface area contributed by atoms with E-state index in [9.17, 15) is 4.79 Å². The molecule has 7 heteroatoms. The Balaban J connectivity index is 1.78. The monoisotopic (exact) mass is 382 g/mol. The van der Waals surface area contributed by atoms with Crippen LogP contribution in [0.25, 0.3) is 16.2 Å². The Morgan fingerprint density at radius 3 is 2.46 bits per heavy atom. The fourth-order valence-corrected chi connectivity index (χ4v) is 3.52. The molecule has 0 radical (unpaired) electrons. The van der Waals surface area contributed by atoms with Gasteiger partial charge in [-0.2, -0.15) is 9.61 Å². The van der Waals surface area contributed by atoms with Gasteiger partial charge in [-0.05, 0) is 38.1 Å². The third-order valence-corrected chi connectivity index (χ3v) is 5.04. The lowest BCUT2D eigenvalue weighted by atomic mass is 10.1. The molecule has 130 valence electrons. The molecular weight excluding hydrogens is 368 g/mol. The quantitative estimate of drug-likeness (QED) is 0.543. The summed E-state index contributed by atoms with van der Waals surface area (Å²) >= 11 is 7.39. The van der Waals surface area contributed by atoms with Gasteiger partial charge in [0.15, 0.2) is 5.82 Å². The summed E-state index contributed by atoms with van der Waals surface area (Å²) < 4.78 is 1.68. The number of hydrogen-bond donors (Lipinski definition) is 1. The SMILES string of the molecule is Cc1ccc(-c2nc3sc(C)nn3c2NC(=O)c2ccc(Cl)cc2)cc1. The highest BCUT2D eigenvalue weighted by atomic mass is 35.5. The molecule has 0 bridgehead atoms. The Bertz CT molecular complexity index is 1100. The van der Waals surface area contributed by atoms with Gasteiger partial charge in [-0.3, -0.25) is 4.79 Å². The van der Waals surface area contributed by atoms with Gasteiger partial charge in [0, 0.05) is 16.1 Å². The van der Waals surface area contributed by atoms with Crippen LogP contribution in [0.2, 0.25) is 5.02 Å². The molecule has 0 saturated carbocycles. The number of rotatable bonds is 3. The van der Waals surface area contributed by atoms with Crippen molar-refractivity contribution in [2.24, 2.45) is 0 Å². The van der Waals surface area contributed by atoms with Crippen molar-refractivity contribution in [2.75, 3.05) is 5.32 Å². The molecule has 0 saturated heterocycles. The number of carbonyl (C=O) groups excluding carboxylic acids is 1. The second-order valence-corrected chi connectivity index (χ2v) is 7.55. The van der Waals surface area contributed by atoms with E-state index in [1.807, 2.05) is 38.1 Å². The van der Waals surface area contributed by atoms with Crippen LogP contribution in [0.3, 0.4) is 0 Å². The van der Waals surface area contributed by atoms with E-state index in [-0.39, 0.29) is 5.91 Å². The summed E-state index contributed by atoms with van der Waals surface area (Å²) in [6.45, 7) is 3.94. The molecule has 4 rings (SSSR count). The molecule has 1 amide bonds. The first-order valence-corrected chi connectivity index (χ1v) is 9.21.